The topological polar surface area (TPSA) is 46.2 Å². The second-order valence-electron chi connectivity index (χ2n) is 3.91. The van der Waals surface area contributed by atoms with Crippen LogP contribution in [0.5, 0.6) is 0 Å². The highest BCUT2D eigenvalue weighted by molar-refractivity contribution is 9.10. The van der Waals surface area contributed by atoms with Crippen LogP contribution in [-0.4, -0.2) is 17.8 Å². The Labute approximate surface area is 103 Å². The summed E-state index contributed by atoms with van der Waals surface area (Å²) in [5, 5.41) is 11.3. The van der Waals surface area contributed by atoms with Gasteiger partial charge in [-0.1, -0.05) is 36.4 Å². The van der Waals surface area contributed by atoms with Crippen LogP contribution in [0.3, 0.4) is 0 Å². The van der Waals surface area contributed by atoms with Crippen LogP contribution in [0.15, 0.2) is 40.9 Å². The van der Waals surface area contributed by atoms with Crippen molar-refractivity contribution in [1.82, 2.24) is 0 Å². The second kappa shape index (κ2) is 4.95. The van der Waals surface area contributed by atoms with E-state index in [0.717, 1.165) is 10.0 Å². The fraction of sp³-hybridized carbons (Fsp3) is 0.231. The minimum atomic E-state index is -0.197. The van der Waals surface area contributed by atoms with Gasteiger partial charge in [0.25, 0.3) is 0 Å². The number of aliphatic hydroxyl groups excluding tert-OH is 1. The Hall–Kier alpha value is -0.900. The summed E-state index contributed by atoms with van der Waals surface area (Å²) in [6.45, 7) is 0.0132. The fourth-order valence-corrected chi connectivity index (χ4v) is 2.44. The van der Waals surface area contributed by atoms with E-state index in [1.165, 1.54) is 10.8 Å². The Bertz CT molecular complexity index is 498. The van der Waals surface area contributed by atoms with Gasteiger partial charge in [0.15, 0.2) is 0 Å². The predicted molar refractivity (Wildman–Crippen MR) is 70.4 cm³/mol. The zero-order valence-corrected chi connectivity index (χ0v) is 10.4. The minimum Gasteiger partial charge on any atom is -0.395 e. The summed E-state index contributed by atoms with van der Waals surface area (Å²) < 4.78 is 1.08. The molecule has 0 spiro atoms. The molecule has 0 amide bonds. The van der Waals surface area contributed by atoms with Gasteiger partial charge in [0.1, 0.15) is 0 Å². The molecular weight excluding hydrogens is 266 g/mol. The molecular formula is C13H14BrNO. The van der Waals surface area contributed by atoms with Crippen LogP contribution in [0.2, 0.25) is 0 Å². The standard InChI is InChI=1S/C13H14BrNO/c14-13-10(7-11(15)8-16)6-5-9-3-1-2-4-12(9)13/h1-6,11,16H,7-8,15H2. The lowest BCUT2D eigenvalue weighted by Crippen LogP contribution is -2.26. The van der Waals surface area contributed by atoms with Crippen molar-refractivity contribution < 1.29 is 5.11 Å². The molecule has 84 valence electrons. The van der Waals surface area contributed by atoms with Crippen molar-refractivity contribution in [2.24, 2.45) is 5.73 Å². The van der Waals surface area contributed by atoms with E-state index in [-0.39, 0.29) is 12.6 Å². The first-order chi connectivity index (χ1) is 7.72. The Balaban J connectivity index is 2.44. The SMILES string of the molecule is NC(CO)Cc1ccc2ccccc2c1Br. The molecule has 2 aromatic carbocycles. The van der Waals surface area contributed by atoms with E-state index in [2.05, 4.69) is 40.2 Å². The Morgan fingerprint density at radius 2 is 1.94 bits per heavy atom. The molecule has 3 heteroatoms. The molecule has 0 radical (unpaired) electrons. The first kappa shape index (κ1) is 11.6. The van der Waals surface area contributed by atoms with Crippen LogP contribution >= 0.6 is 15.9 Å². The summed E-state index contributed by atoms with van der Waals surface area (Å²) in [4.78, 5) is 0. The molecule has 16 heavy (non-hydrogen) atoms. The van der Waals surface area contributed by atoms with E-state index in [9.17, 15) is 0 Å². The number of hydrogen-bond donors (Lipinski definition) is 2. The lowest BCUT2D eigenvalue weighted by molar-refractivity contribution is 0.265. The molecule has 2 aromatic rings. The number of aliphatic hydroxyl groups is 1. The zero-order valence-electron chi connectivity index (χ0n) is 8.86. The molecule has 2 nitrogen and oxygen atoms in total. The average Bonchev–Trinajstić information content (AvgIpc) is 2.33. The van der Waals surface area contributed by atoms with Gasteiger partial charge in [0, 0.05) is 10.5 Å². The highest BCUT2D eigenvalue weighted by atomic mass is 79.9. The summed E-state index contributed by atoms with van der Waals surface area (Å²) >= 11 is 3.60. The molecule has 0 saturated carbocycles. The molecule has 0 bridgehead atoms. The molecule has 3 N–H and O–H groups in total. The largest absolute Gasteiger partial charge is 0.395 e. The highest BCUT2D eigenvalue weighted by Gasteiger charge is 2.08. The quantitative estimate of drug-likeness (QED) is 0.907. The van der Waals surface area contributed by atoms with Crippen molar-refractivity contribution in [3.8, 4) is 0 Å². The molecule has 0 aromatic heterocycles. The van der Waals surface area contributed by atoms with Crippen molar-refractivity contribution in [2.75, 3.05) is 6.61 Å². The minimum absolute atomic E-state index is 0.0132. The number of fused-ring (bicyclic) bond motifs is 1. The van der Waals surface area contributed by atoms with Gasteiger partial charge in [-0.3, -0.25) is 0 Å². The van der Waals surface area contributed by atoms with Crippen LogP contribution in [0.1, 0.15) is 5.56 Å². The molecule has 0 saturated heterocycles. The zero-order chi connectivity index (χ0) is 11.5. The summed E-state index contributed by atoms with van der Waals surface area (Å²) in [5.41, 5.74) is 6.89. The van der Waals surface area contributed by atoms with E-state index in [4.69, 9.17) is 10.8 Å². The van der Waals surface area contributed by atoms with E-state index in [1.807, 2.05) is 12.1 Å². The van der Waals surface area contributed by atoms with Crippen molar-refractivity contribution in [3.05, 3.63) is 46.4 Å². The van der Waals surface area contributed by atoms with E-state index in [0.29, 0.717) is 6.42 Å². The van der Waals surface area contributed by atoms with Gasteiger partial charge in [-0.2, -0.15) is 0 Å². The van der Waals surface area contributed by atoms with Crippen molar-refractivity contribution >= 4 is 26.7 Å². The van der Waals surface area contributed by atoms with Crippen LogP contribution in [0.4, 0.5) is 0 Å². The maximum Gasteiger partial charge on any atom is 0.0585 e. The van der Waals surface area contributed by atoms with Crippen molar-refractivity contribution in [2.45, 2.75) is 12.5 Å². The predicted octanol–water partition coefficient (Wildman–Crippen LogP) is 2.46. The summed E-state index contributed by atoms with van der Waals surface area (Å²) in [6, 6.07) is 12.1. The number of hydrogen-bond acceptors (Lipinski definition) is 2. The monoisotopic (exact) mass is 279 g/mol. The molecule has 0 aliphatic rings. The Morgan fingerprint density at radius 3 is 2.69 bits per heavy atom. The van der Waals surface area contributed by atoms with Crippen molar-refractivity contribution in [1.29, 1.82) is 0 Å². The maximum absolute atomic E-state index is 8.96. The van der Waals surface area contributed by atoms with Crippen LogP contribution < -0.4 is 5.73 Å². The van der Waals surface area contributed by atoms with Crippen LogP contribution in [0.25, 0.3) is 10.8 Å². The van der Waals surface area contributed by atoms with E-state index >= 15 is 0 Å². The number of halogens is 1. The van der Waals surface area contributed by atoms with Gasteiger partial charge >= 0.3 is 0 Å². The van der Waals surface area contributed by atoms with E-state index < -0.39 is 0 Å². The first-order valence-corrected chi connectivity index (χ1v) is 6.04. The van der Waals surface area contributed by atoms with Crippen molar-refractivity contribution in [3.63, 3.8) is 0 Å². The third-order valence-electron chi connectivity index (χ3n) is 2.66. The molecule has 0 aliphatic heterocycles. The number of benzene rings is 2. The van der Waals surface area contributed by atoms with Gasteiger partial charge in [0.05, 0.1) is 6.61 Å². The number of nitrogens with two attached hydrogens (primary N) is 1. The normalized spacial score (nSPS) is 12.9. The Morgan fingerprint density at radius 1 is 1.19 bits per heavy atom. The summed E-state index contributed by atoms with van der Waals surface area (Å²) in [7, 11) is 0. The van der Waals surface area contributed by atoms with Gasteiger partial charge < -0.3 is 10.8 Å². The third kappa shape index (κ3) is 2.26. The number of rotatable bonds is 3. The second-order valence-corrected chi connectivity index (χ2v) is 4.70. The molecule has 1 unspecified atom stereocenters. The maximum atomic E-state index is 8.96. The fourth-order valence-electron chi connectivity index (χ4n) is 1.78. The molecule has 0 fully saturated rings. The molecule has 1 atom stereocenters. The first-order valence-electron chi connectivity index (χ1n) is 5.25. The highest BCUT2D eigenvalue weighted by Crippen LogP contribution is 2.28. The van der Waals surface area contributed by atoms with Gasteiger partial charge in [-0.15, -0.1) is 0 Å². The van der Waals surface area contributed by atoms with E-state index in [1.54, 1.807) is 0 Å². The van der Waals surface area contributed by atoms with Gasteiger partial charge in [-0.25, -0.2) is 0 Å². The lowest BCUT2D eigenvalue weighted by Gasteiger charge is -2.11. The lowest BCUT2D eigenvalue weighted by atomic mass is 10.0. The van der Waals surface area contributed by atoms with Gasteiger partial charge in [-0.05, 0) is 38.7 Å². The van der Waals surface area contributed by atoms with Crippen LogP contribution in [0, 0.1) is 0 Å². The van der Waals surface area contributed by atoms with Gasteiger partial charge in [0.2, 0.25) is 0 Å². The summed E-state index contributed by atoms with van der Waals surface area (Å²) in [6.07, 6.45) is 0.682. The summed E-state index contributed by atoms with van der Waals surface area (Å²) in [5.74, 6) is 0. The third-order valence-corrected chi connectivity index (χ3v) is 3.60. The smallest absolute Gasteiger partial charge is 0.0585 e. The van der Waals surface area contributed by atoms with Crippen LogP contribution in [-0.2, 0) is 6.42 Å². The molecule has 2 rings (SSSR count). The average molecular weight is 280 g/mol. The molecule has 0 aliphatic carbocycles. The molecule has 0 heterocycles. The Kier molecular flexibility index (Phi) is 3.59.